The van der Waals surface area contributed by atoms with Crippen LogP contribution in [0.3, 0.4) is 0 Å². The van der Waals surface area contributed by atoms with E-state index < -0.39 is 7.82 Å². The molecule has 1 unspecified atom stereocenters. The molecule has 8 heteroatoms. The van der Waals surface area contributed by atoms with Gasteiger partial charge in [0, 0.05) is 0 Å². The second kappa shape index (κ2) is 4.93. The van der Waals surface area contributed by atoms with E-state index in [4.69, 9.17) is 4.89 Å². The van der Waals surface area contributed by atoms with Gasteiger partial charge in [0.25, 0.3) is 0 Å². The first kappa shape index (κ1) is 11.8. The molecule has 0 fully saturated rings. The van der Waals surface area contributed by atoms with Gasteiger partial charge in [-0.2, -0.15) is 4.08 Å². The third-order valence-electron chi connectivity index (χ3n) is 0.174. The van der Waals surface area contributed by atoms with E-state index >= 15 is 0 Å². The molecule has 1 atom stereocenters. The summed E-state index contributed by atoms with van der Waals surface area (Å²) in [4.78, 5) is 7.74. The van der Waals surface area contributed by atoms with Crippen molar-refractivity contribution in [1.82, 2.24) is 0 Å². The minimum atomic E-state index is -4.56. The van der Waals surface area contributed by atoms with Crippen LogP contribution in [0.15, 0.2) is 0 Å². The van der Waals surface area contributed by atoms with Gasteiger partial charge in [-0.25, -0.2) is 4.57 Å². The zero-order valence-corrected chi connectivity index (χ0v) is 6.65. The topological polar surface area (TPSA) is 55.8 Å². The molecule has 0 aliphatic rings. The van der Waals surface area contributed by atoms with Crippen LogP contribution < -0.4 is 0 Å². The van der Waals surface area contributed by atoms with Crippen LogP contribution in [0.4, 0.5) is 4.53 Å². The van der Waals surface area contributed by atoms with Gasteiger partial charge in [-0.05, 0) is 4.53 Å². The van der Waals surface area contributed by atoms with Gasteiger partial charge in [-0.1, -0.05) is 4.73 Å². The van der Waals surface area contributed by atoms with Crippen molar-refractivity contribution in [2.24, 2.45) is 0 Å². The van der Waals surface area contributed by atoms with Crippen LogP contribution >= 0.6 is 19.7 Å². The van der Waals surface area contributed by atoms with Crippen LogP contribution in [0.2, 0.25) is 0 Å². The van der Waals surface area contributed by atoms with Crippen molar-refractivity contribution >= 4 is 42.7 Å². The summed E-state index contributed by atoms with van der Waals surface area (Å²) in [6, 6.07) is 0. The van der Waals surface area contributed by atoms with Crippen LogP contribution in [0.1, 0.15) is 2.85 Å². The van der Waals surface area contributed by atoms with E-state index in [0.717, 1.165) is 0 Å². The molecule has 0 aliphatic heterocycles. The van der Waals surface area contributed by atoms with E-state index in [1.54, 1.807) is 0 Å². The van der Waals surface area contributed by atoms with Gasteiger partial charge in [0.05, 0.1) is 11.9 Å². The molecular weight excluding hydrogens is 174 g/mol. The van der Waals surface area contributed by atoms with Gasteiger partial charge in [0.1, 0.15) is 0 Å². The Hall–Kier alpha value is 1.10. The first-order chi connectivity index (χ1) is 3.12. The third kappa shape index (κ3) is 5.24. The summed E-state index contributed by atoms with van der Waals surface area (Å²) in [7, 11) is -4.56. The van der Waals surface area contributed by atoms with E-state index in [9.17, 15) is 9.09 Å². The molecule has 48 valence electrons. The molecule has 8 heavy (non-hydrogen) atoms. The Bertz CT molecular complexity index is 95.3. The molecule has 0 radical (unpaired) electrons. The molecule has 0 spiro atoms. The Morgan fingerprint density at radius 3 is 2.25 bits per heavy atom. The second-order valence-corrected chi connectivity index (χ2v) is 2.23. The largest absolute Gasteiger partial charge is 2.00 e. The summed E-state index contributed by atoms with van der Waals surface area (Å²) < 4.78 is 25.5. The average molecular weight is 177 g/mol. The van der Waals surface area contributed by atoms with E-state index in [-0.39, 0.29) is 25.9 Å². The Balaban J connectivity index is -0.0000000600. The number of phosphoric acid groups is 1. The second-order valence-electron chi connectivity index (χ2n) is 0.607. The van der Waals surface area contributed by atoms with Crippen molar-refractivity contribution in [2.75, 3.05) is 0 Å². The standard InChI is InChI=1S/ClFHO4P.Mg.2H/c1-5-7(3,4)6-2;;;/h(H,3,4);;;/q;+2;2*-1. The molecule has 4 nitrogen and oxygen atoms in total. The average Bonchev–Trinajstić information content (AvgIpc) is 1.68. The Labute approximate surface area is 68.7 Å². The number of hydrogen-bond acceptors (Lipinski definition) is 3. The van der Waals surface area contributed by atoms with E-state index in [1.807, 2.05) is 0 Å². The fourth-order valence-electron chi connectivity index (χ4n) is 0.0106. The van der Waals surface area contributed by atoms with Crippen molar-refractivity contribution in [3.8, 4) is 0 Å². The molecular formula is H3ClFMgO4P. The van der Waals surface area contributed by atoms with E-state index in [0.29, 0.717) is 0 Å². The van der Waals surface area contributed by atoms with E-state index in [1.165, 1.54) is 0 Å². The molecule has 0 aliphatic carbocycles. The molecule has 1 N–H and O–H groups in total. The molecule has 0 aromatic heterocycles. The van der Waals surface area contributed by atoms with Crippen LogP contribution in [-0.2, 0) is 13.4 Å². The minimum Gasteiger partial charge on any atom is -1.00 e. The molecule has 0 aromatic carbocycles. The maximum atomic E-state index is 10.5. The van der Waals surface area contributed by atoms with E-state index in [2.05, 4.69) is 20.7 Å². The fraction of sp³-hybridized carbons (Fsp3) is 0. The fourth-order valence-corrected chi connectivity index (χ4v) is 0.0958. The smallest absolute Gasteiger partial charge is 1.00 e. The summed E-state index contributed by atoms with van der Waals surface area (Å²) in [6.45, 7) is 0. The Morgan fingerprint density at radius 2 is 2.25 bits per heavy atom. The van der Waals surface area contributed by atoms with Gasteiger partial charge in [0.15, 0.2) is 0 Å². The summed E-state index contributed by atoms with van der Waals surface area (Å²) in [5, 5.41) is 0. The predicted molar refractivity (Wildman–Crippen MR) is 26.9 cm³/mol. The monoisotopic (exact) mass is 176 g/mol. The normalized spacial score (nSPS) is 16.4. The maximum Gasteiger partial charge on any atom is 2.00 e. The zero-order valence-electron chi connectivity index (χ0n) is 5.58. The first-order valence-electron chi connectivity index (χ1n) is 1.06. The zero-order chi connectivity index (χ0) is 5.91. The summed E-state index contributed by atoms with van der Waals surface area (Å²) in [5.74, 6) is 0. The van der Waals surface area contributed by atoms with Gasteiger partial charge in [0.2, 0.25) is 0 Å². The third-order valence-corrected chi connectivity index (χ3v) is 1.05. The summed E-state index contributed by atoms with van der Waals surface area (Å²) >= 11 is 4.22. The molecule has 0 saturated heterocycles. The van der Waals surface area contributed by atoms with Crippen LogP contribution in [-0.4, -0.2) is 27.9 Å². The molecule has 0 rings (SSSR count). The van der Waals surface area contributed by atoms with Gasteiger partial charge in [-0.15, -0.1) is 0 Å². The number of hydrogen-bond donors (Lipinski definition) is 1. The number of rotatable bonds is 2. The predicted octanol–water partition coefficient (Wildman–Crippen LogP) is 1.00. The van der Waals surface area contributed by atoms with Crippen LogP contribution in [0.25, 0.3) is 0 Å². The molecule has 0 amide bonds. The van der Waals surface area contributed by atoms with Crippen LogP contribution in [0, 0.1) is 0 Å². The SMILES string of the molecule is O=P(O)(OF)OCl.[H-].[H-].[Mg+2]. The molecule has 0 aromatic rings. The Morgan fingerprint density at radius 1 is 1.88 bits per heavy atom. The molecule has 0 bridgehead atoms. The molecule has 0 heterocycles. The first-order valence-corrected chi connectivity index (χ1v) is 2.86. The van der Waals surface area contributed by atoms with Crippen molar-refractivity contribution in [1.29, 1.82) is 0 Å². The Kier molecular flexibility index (Phi) is 7.29. The minimum absolute atomic E-state index is 0. The van der Waals surface area contributed by atoms with Crippen molar-refractivity contribution in [2.45, 2.75) is 0 Å². The van der Waals surface area contributed by atoms with Crippen molar-refractivity contribution < 1.29 is 25.6 Å². The quantitative estimate of drug-likeness (QED) is 0.504. The van der Waals surface area contributed by atoms with Crippen molar-refractivity contribution in [3.05, 3.63) is 0 Å². The van der Waals surface area contributed by atoms with Gasteiger partial charge >= 0.3 is 30.9 Å². The molecule has 0 saturated carbocycles. The van der Waals surface area contributed by atoms with Crippen molar-refractivity contribution in [3.63, 3.8) is 0 Å². The van der Waals surface area contributed by atoms with Gasteiger partial charge < -0.3 is 2.85 Å². The van der Waals surface area contributed by atoms with Crippen LogP contribution in [0.5, 0.6) is 0 Å². The summed E-state index contributed by atoms with van der Waals surface area (Å²) in [6.07, 6.45) is 0. The maximum absolute atomic E-state index is 10.5. The number of halogens is 2. The van der Waals surface area contributed by atoms with Gasteiger partial charge in [-0.3, -0.25) is 4.89 Å². The summed E-state index contributed by atoms with van der Waals surface area (Å²) in [5.41, 5.74) is 0.